The maximum atomic E-state index is 5.78. The van der Waals surface area contributed by atoms with Gasteiger partial charge in [0, 0.05) is 23.9 Å². The van der Waals surface area contributed by atoms with Crippen LogP contribution in [0.5, 0.6) is 0 Å². The van der Waals surface area contributed by atoms with Crippen molar-refractivity contribution in [2.45, 2.75) is 33.2 Å². The van der Waals surface area contributed by atoms with Crippen molar-refractivity contribution in [1.29, 1.82) is 0 Å². The van der Waals surface area contributed by atoms with E-state index in [0.29, 0.717) is 12.5 Å². The second kappa shape index (κ2) is 4.28. The van der Waals surface area contributed by atoms with Gasteiger partial charge in [-0.05, 0) is 49.5 Å². The number of hydrogen-bond acceptors (Lipinski definition) is 3. The van der Waals surface area contributed by atoms with E-state index in [4.69, 9.17) is 5.73 Å². The van der Waals surface area contributed by atoms with Gasteiger partial charge in [-0.1, -0.05) is 0 Å². The molecule has 96 valence electrons. The number of aromatic amines is 1. The number of hydrogen-bond donors (Lipinski definition) is 3. The molecule has 4 nitrogen and oxygen atoms in total. The van der Waals surface area contributed by atoms with E-state index in [1.165, 1.54) is 46.6 Å². The fourth-order valence-electron chi connectivity index (χ4n) is 2.65. The molecule has 18 heavy (non-hydrogen) atoms. The van der Waals surface area contributed by atoms with Gasteiger partial charge in [-0.3, -0.25) is 0 Å². The van der Waals surface area contributed by atoms with Gasteiger partial charge in [0.25, 0.3) is 0 Å². The lowest BCUT2D eigenvalue weighted by atomic mass is 10.0. The molecule has 0 unspecified atom stereocenters. The molecule has 1 aliphatic heterocycles. The average molecular weight is 244 g/mol. The Kier molecular flexibility index (Phi) is 2.74. The molecular weight excluding hydrogens is 224 g/mol. The van der Waals surface area contributed by atoms with E-state index in [-0.39, 0.29) is 0 Å². The second-order valence-electron chi connectivity index (χ2n) is 5.25. The summed E-state index contributed by atoms with van der Waals surface area (Å²) < 4.78 is 0. The number of aryl methyl sites for hydroxylation is 1. The van der Waals surface area contributed by atoms with E-state index in [9.17, 15) is 0 Å². The van der Waals surface area contributed by atoms with E-state index < -0.39 is 0 Å². The van der Waals surface area contributed by atoms with Crippen molar-refractivity contribution in [3.63, 3.8) is 0 Å². The molecule has 3 rings (SSSR count). The van der Waals surface area contributed by atoms with Crippen LogP contribution in [-0.2, 0) is 6.54 Å². The molecule has 2 aliphatic rings. The first-order valence-electron chi connectivity index (χ1n) is 6.60. The van der Waals surface area contributed by atoms with Crippen LogP contribution in [0.1, 0.15) is 35.4 Å². The number of nitrogens with two attached hydrogens (primary N) is 1. The van der Waals surface area contributed by atoms with Gasteiger partial charge in [0.15, 0.2) is 0 Å². The van der Waals surface area contributed by atoms with Crippen LogP contribution in [0.4, 0.5) is 0 Å². The van der Waals surface area contributed by atoms with Gasteiger partial charge in [0.2, 0.25) is 0 Å². The Morgan fingerprint density at radius 2 is 2.17 bits per heavy atom. The van der Waals surface area contributed by atoms with E-state index in [0.717, 1.165) is 6.54 Å². The molecule has 0 bridgehead atoms. The largest absolute Gasteiger partial charge is 0.359 e. The van der Waals surface area contributed by atoms with E-state index in [1.54, 1.807) is 0 Å². The van der Waals surface area contributed by atoms with Gasteiger partial charge in [-0.2, -0.15) is 5.10 Å². The Hall–Kier alpha value is -1.55. The molecule has 1 aliphatic carbocycles. The highest BCUT2D eigenvalue weighted by Gasteiger charge is 2.32. The Morgan fingerprint density at radius 3 is 2.78 bits per heavy atom. The van der Waals surface area contributed by atoms with Crippen LogP contribution in [0.15, 0.2) is 10.7 Å². The average Bonchev–Trinajstić information content (AvgIpc) is 3.03. The quantitative estimate of drug-likeness (QED) is 0.759. The molecule has 1 aromatic rings. The molecule has 0 amide bonds. The smallest absolute Gasteiger partial charge is 0.0685 e. The molecular formula is C14H20N4. The van der Waals surface area contributed by atoms with Crippen LogP contribution in [0, 0.1) is 19.8 Å². The number of rotatable bonds is 3. The molecule has 2 heterocycles. The molecule has 1 aromatic heterocycles. The summed E-state index contributed by atoms with van der Waals surface area (Å²) in [7, 11) is 0. The highest BCUT2D eigenvalue weighted by atomic mass is 15.3. The zero-order valence-electron chi connectivity index (χ0n) is 11.0. The summed E-state index contributed by atoms with van der Waals surface area (Å²) in [6.07, 6.45) is 4.81. The van der Waals surface area contributed by atoms with Crippen molar-refractivity contribution in [3.05, 3.63) is 28.1 Å². The SMILES string of the molecule is Cc1[nH]c(C=C2CNN=C2C2CC2)c(C)c1CN. The minimum atomic E-state index is 0.596. The third-order valence-electron chi connectivity index (χ3n) is 3.92. The fourth-order valence-corrected chi connectivity index (χ4v) is 2.65. The minimum Gasteiger partial charge on any atom is -0.359 e. The summed E-state index contributed by atoms with van der Waals surface area (Å²) in [6.45, 7) is 5.66. The maximum Gasteiger partial charge on any atom is 0.0685 e. The first-order valence-corrected chi connectivity index (χ1v) is 6.60. The van der Waals surface area contributed by atoms with Gasteiger partial charge in [0.05, 0.1) is 12.3 Å². The predicted molar refractivity (Wildman–Crippen MR) is 74.3 cm³/mol. The van der Waals surface area contributed by atoms with Crippen molar-refractivity contribution in [2.75, 3.05) is 6.54 Å². The highest BCUT2D eigenvalue weighted by molar-refractivity contribution is 6.07. The Balaban J connectivity index is 1.94. The fraction of sp³-hybridized carbons (Fsp3) is 0.500. The summed E-state index contributed by atoms with van der Waals surface area (Å²) in [5.74, 6) is 0.691. The molecule has 0 atom stereocenters. The number of nitrogens with one attached hydrogen (secondary N) is 2. The lowest BCUT2D eigenvalue weighted by molar-refractivity contribution is 0.855. The van der Waals surface area contributed by atoms with Crippen molar-refractivity contribution < 1.29 is 0 Å². The molecule has 0 spiro atoms. The summed E-state index contributed by atoms with van der Waals surface area (Å²) in [5, 5.41) is 4.41. The maximum absolute atomic E-state index is 5.78. The van der Waals surface area contributed by atoms with Crippen LogP contribution in [0.25, 0.3) is 6.08 Å². The zero-order valence-corrected chi connectivity index (χ0v) is 11.0. The summed E-state index contributed by atoms with van der Waals surface area (Å²) >= 11 is 0. The molecule has 0 saturated heterocycles. The number of hydrazone groups is 1. The molecule has 1 saturated carbocycles. The first kappa shape index (κ1) is 11.5. The topological polar surface area (TPSA) is 66.2 Å². The molecule has 0 radical (unpaired) electrons. The second-order valence-corrected chi connectivity index (χ2v) is 5.25. The number of aromatic nitrogens is 1. The zero-order chi connectivity index (χ0) is 12.7. The molecule has 4 heteroatoms. The van der Waals surface area contributed by atoms with Gasteiger partial charge >= 0.3 is 0 Å². The molecule has 0 aromatic carbocycles. The monoisotopic (exact) mass is 244 g/mol. The minimum absolute atomic E-state index is 0.596. The van der Waals surface area contributed by atoms with Gasteiger partial charge in [0.1, 0.15) is 0 Å². The Morgan fingerprint density at radius 1 is 1.39 bits per heavy atom. The molecule has 4 N–H and O–H groups in total. The van der Waals surface area contributed by atoms with Crippen molar-refractivity contribution in [2.24, 2.45) is 16.8 Å². The number of H-pyrrole nitrogens is 1. The van der Waals surface area contributed by atoms with Crippen LogP contribution >= 0.6 is 0 Å². The summed E-state index contributed by atoms with van der Waals surface area (Å²) in [6, 6.07) is 0. The number of nitrogens with zero attached hydrogens (tertiary/aromatic N) is 1. The van der Waals surface area contributed by atoms with Crippen LogP contribution in [0.3, 0.4) is 0 Å². The van der Waals surface area contributed by atoms with Crippen LogP contribution < -0.4 is 11.2 Å². The third-order valence-corrected chi connectivity index (χ3v) is 3.92. The predicted octanol–water partition coefficient (Wildman–Crippen LogP) is 1.84. The van der Waals surface area contributed by atoms with E-state index in [1.807, 2.05) is 0 Å². The van der Waals surface area contributed by atoms with Gasteiger partial charge < -0.3 is 16.1 Å². The normalized spacial score (nSPS) is 21.3. The van der Waals surface area contributed by atoms with Crippen molar-refractivity contribution in [3.8, 4) is 0 Å². The standard InChI is InChI=1S/C14H20N4/c1-8-12(6-15)9(2)17-13(8)5-11-7-16-18-14(11)10-3-4-10/h5,10,16-17H,3-4,6-7,15H2,1-2H3. The summed E-state index contributed by atoms with van der Waals surface area (Å²) in [4.78, 5) is 3.43. The Labute approximate surface area is 107 Å². The van der Waals surface area contributed by atoms with E-state index in [2.05, 4.69) is 35.4 Å². The third kappa shape index (κ3) is 1.86. The van der Waals surface area contributed by atoms with Gasteiger partial charge in [-0.15, -0.1) is 0 Å². The first-order chi connectivity index (χ1) is 8.70. The van der Waals surface area contributed by atoms with Crippen LogP contribution in [-0.4, -0.2) is 17.2 Å². The summed E-state index contributed by atoms with van der Waals surface area (Å²) in [5.41, 5.74) is 16.3. The van der Waals surface area contributed by atoms with Gasteiger partial charge in [-0.25, -0.2) is 0 Å². The lowest BCUT2D eigenvalue weighted by Gasteiger charge is -2.00. The highest BCUT2D eigenvalue weighted by Crippen LogP contribution is 2.35. The van der Waals surface area contributed by atoms with Crippen molar-refractivity contribution in [1.82, 2.24) is 10.4 Å². The molecule has 1 fully saturated rings. The van der Waals surface area contributed by atoms with Crippen molar-refractivity contribution >= 4 is 11.8 Å². The van der Waals surface area contributed by atoms with E-state index >= 15 is 0 Å². The Bertz CT molecular complexity index is 532. The van der Waals surface area contributed by atoms with Crippen LogP contribution in [0.2, 0.25) is 0 Å². The lowest BCUT2D eigenvalue weighted by Crippen LogP contribution is -2.04.